The van der Waals surface area contributed by atoms with Gasteiger partial charge in [0.05, 0.1) is 10.6 Å². The van der Waals surface area contributed by atoms with Gasteiger partial charge in [0, 0.05) is 24.2 Å². The highest BCUT2D eigenvalue weighted by Gasteiger charge is 2.27. The second-order valence-corrected chi connectivity index (χ2v) is 8.53. The van der Waals surface area contributed by atoms with Crippen LogP contribution in [0.15, 0.2) is 58.5 Å². The molecular formula is C20H23N3O3S. The quantitative estimate of drug-likeness (QED) is 0.635. The van der Waals surface area contributed by atoms with Crippen molar-refractivity contribution in [2.75, 3.05) is 13.1 Å². The summed E-state index contributed by atoms with van der Waals surface area (Å²) in [7, 11) is -3.47. The van der Waals surface area contributed by atoms with Crippen LogP contribution in [-0.2, 0) is 10.0 Å². The zero-order valence-electron chi connectivity index (χ0n) is 15.5. The molecule has 1 aliphatic heterocycles. The fourth-order valence-corrected chi connectivity index (χ4v) is 4.61. The molecule has 27 heavy (non-hydrogen) atoms. The van der Waals surface area contributed by atoms with E-state index >= 15 is 0 Å². The molecule has 0 atom stereocenters. The maximum atomic E-state index is 12.5. The zero-order valence-corrected chi connectivity index (χ0v) is 16.3. The summed E-state index contributed by atoms with van der Waals surface area (Å²) in [5.74, 6) is -0.381. The molecule has 1 fully saturated rings. The highest BCUT2D eigenvalue weighted by atomic mass is 32.2. The van der Waals surface area contributed by atoms with Crippen LogP contribution in [0.2, 0.25) is 0 Å². The number of carbonyl (C=O) groups excluding carboxylic acids is 1. The van der Waals surface area contributed by atoms with E-state index in [1.54, 1.807) is 0 Å². The summed E-state index contributed by atoms with van der Waals surface area (Å²) in [5.41, 5.74) is 5.62. The minimum absolute atomic E-state index is 0.209. The Kier molecular flexibility index (Phi) is 5.72. The van der Waals surface area contributed by atoms with Gasteiger partial charge >= 0.3 is 0 Å². The Balaban J connectivity index is 1.71. The largest absolute Gasteiger partial charge is 0.271 e. The number of carbonyl (C=O) groups is 1. The number of nitrogens with zero attached hydrogens (tertiary/aromatic N) is 2. The van der Waals surface area contributed by atoms with Crippen LogP contribution in [0.4, 0.5) is 0 Å². The molecule has 0 saturated carbocycles. The number of rotatable bonds is 5. The molecule has 1 amide bonds. The Morgan fingerprint density at radius 2 is 1.67 bits per heavy atom. The fraction of sp³-hybridized carbons (Fsp3) is 0.300. The van der Waals surface area contributed by atoms with Gasteiger partial charge in [0.25, 0.3) is 5.91 Å². The molecule has 6 nitrogen and oxygen atoms in total. The molecule has 1 aliphatic rings. The minimum atomic E-state index is -3.47. The predicted molar refractivity (Wildman–Crippen MR) is 105 cm³/mol. The van der Waals surface area contributed by atoms with Gasteiger partial charge in [-0.15, -0.1) is 0 Å². The molecule has 0 unspecified atom stereocenters. The Morgan fingerprint density at radius 3 is 2.30 bits per heavy atom. The van der Waals surface area contributed by atoms with E-state index in [0.29, 0.717) is 24.4 Å². The van der Waals surface area contributed by atoms with Crippen LogP contribution < -0.4 is 5.43 Å². The Morgan fingerprint density at radius 1 is 1.04 bits per heavy atom. The van der Waals surface area contributed by atoms with Gasteiger partial charge in [-0.1, -0.05) is 24.3 Å². The van der Waals surface area contributed by atoms with E-state index in [9.17, 15) is 13.2 Å². The molecular weight excluding hydrogens is 362 g/mol. The van der Waals surface area contributed by atoms with Crippen molar-refractivity contribution < 1.29 is 13.2 Å². The fourth-order valence-electron chi connectivity index (χ4n) is 3.09. The molecule has 1 heterocycles. The lowest BCUT2D eigenvalue weighted by Gasteiger charge is -2.15. The molecule has 0 spiro atoms. The Hall–Kier alpha value is -2.51. The lowest BCUT2D eigenvalue weighted by atomic mass is 10.1. The van der Waals surface area contributed by atoms with Gasteiger partial charge < -0.3 is 0 Å². The van der Waals surface area contributed by atoms with E-state index in [4.69, 9.17) is 0 Å². The highest BCUT2D eigenvalue weighted by molar-refractivity contribution is 7.89. The maximum absolute atomic E-state index is 12.5. The van der Waals surface area contributed by atoms with Crippen LogP contribution in [-0.4, -0.2) is 37.4 Å². The zero-order chi connectivity index (χ0) is 19.4. The lowest BCUT2D eigenvalue weighted by Crippen LogP contribution is -2.28. The molecule has 2 aromatic rings. The second kappa shape index (κ2) is 8.02. The molecule has 1 N–H and O–H groups in total. The second-order valence-electron chi connectivity index (χ2n) is 6.59. The van der Waals surface area contributed by atoms with Crippen LogP contribution in [0.3, 0.4) is 0 Å². The first-order chi connectivity index (χ1) is 12.9. The number of sulfonamides is 1. The summed E-state index contributed by atoms with van der Waals surface area (Å²) in [6, 6.07) is 13.8. The summed E-state index contributed by atoms with van der Waals surface area (Å²) in [6.07, 6.45) is 1.77. The van der Waals surface area contributed by atoms with Gasteiger partial charge in [-0.05, 0) is 56.5 Å². The van der Waals surface area contributed by atoms with Crippen LogP contribution in [0.1, 0.15) is 41.3 Å². The summed E-state index contributed by atoms with van der Waals surface area (Å²) in [5, 5.41) is 4.16. The van der Waals surface area contributed by atoms with E-state index in [2.05, 4.69) is 10.5 Å². The van der Waals surface area contributed by atoms with Crippen molar-refractivity contribution in [1.29, 1.82) is 0 Å². The van der Waals surface area contributed by atoms with Gasteiger partial charge in [0.2, 0.25) is 10.0 Å². The standard InChI is InChI=1S/C20H23N3O3S/c1-15-7-3-4-8-19(15)16(2)21-22-20(24)17-9-11-18(12-10-17)27(25,26)23-13-5-6-14-23/h3-4,7-12H,5-6,13-14H2,1-2H3,(H,22,24)/b21-16-. The van der Waals surface area contributed by atoms with Gasteiger partial charge in [0.15, 0.2) is 0 Å². The number of amides is 1. The Labute approximate surface area is 159 Å². The topological polar surface area (TPSA) is 78.8 Å². The van der Waals surface area contributed by atoms with Crippen molar-refractivity contribution in [3.05, 3.63) is 65.2 Å². The molecule has 0 bridgehead atoms. The summed E-state index contributed by atoms with van der Waals surface area (Å²) in [6.45, 7) is 4.92. The number of hydrogen-bond acceptors (Lipinski definition) is 4. The van der Waals surface area contributed by atoms with E-state index in [1.165, 1.54) is 28.6 Å². The van der Waals surface area contributed by atoms with Crippen molar-refractivity contribution in [3.8, 4) is 0 Å². The van der Waals surface area contributed by atoms with Gasteiger partial charge in [-0.2, -0.15) is 9.41 Å². The van der Waals surface area contributed by atoms with Gasteiger partial charge in [0.1, 0.15) is 0 Å². The molecule has 7 heteroatoms. The third-order valence-electron chi connectivity index (χ3n) is 4.68. The Bertz CT molecular complexity index is 960. The van der Waals surface area contributed by atoms with Crippen LogP contribution in [0, 0.1) is 6.92 Å². The maximum Gasteiger partial charge on any atom is 0.271 e. The lowest BCUT2D eigenvalue weighted by molar-refractivity contribution is 0.0954. The molecule has 0 aliphatic carbocycles. The first-order valence-electron chi connectivity index (χ1n) is 8.90. The van der Waals surface area contributed by atoms with Gasteiger partial charge in [-0.3, -0.25) is 4.79 Å². The third-order valence-corrected chi connectivity index (χ3v) is 6.59. The first-order valence-corrected chi connectivity index (χ1v) is 10.3. The highest BCUT2D eigenvalue weighted by Crippen LogP contribution is 2.21. The smallest absolute Gasteiger partial charge is 0.267 e. The number of benzene rings is 2. The first kappa shape index (κ1) is 19.3. The average molecular weight is 385 g/mol. The van der Waals surface area contributed by atoms with E-state index in [-0.39, 0.29) is 10.8 Å². The SMILES string of the molecule is C/C(=N/NC(=O)c1ccc(S(=O)(=O)N2CCCC2)cc1)c1ccccc1C. The number of hydrazone groups is 1. The van der Waals surface area contributed by atoms with Crippen LogP contribution in [0.5, 0.6) is 0 Å². The summed E-state index contributed by atoms with van der Waals surface area (Å²) in [4.78, 5) is 12.5. The molecule has 0 radical (unpaired) electrons. The average Bonchev–Trinajstić information content (AvgIpc) is 3.22. The normalized spacial score (nSPS) is 15.7. The van der Waals surface area contributed by atoms with E-state index in [0.717, 1.165) is 24.0 Å². The van der Waals surface area contributed by atoms with Crippen molar-refractivity contribution in [2.24, 2.45) is 5.10 Å². The van der Waals surface area contributed by atoms with Crippen molar-refractivity contribution >= 4 is 21.6 Å². The van der Waals surface area contributed by atoms with Crippen LogP contribution >= 0.6 is 0 Å². The predicted octanol–water partition coefficient (Wildman–Crippen LogP) is 2.93. The van der Waals surface area contributed by atoms with E-state index in [1.807, 2.05) is 38.1 Å². The van der Waals surface area contributed by atoms with Crippen molar-refractivity contribution in [1.82, 2.24) is 9.73 Å². The number of hydrogen-bond donors (Lipinski definition) is 1. The third kappa shape index (κ3) is 4.26. The summed E-state index contributed by atoms with van der Waals surface area (Å²) >= 11 is 0. The van der Waals surface area contributed by atoms with Gasteiger partial charge in [-0.25, -0.2) is 13.8 Å². The number of nitrogens with one attached hydrogen (secondary N) is 1. The molecule has 2 aromatic carbocycles. The van der Waals surface area contributed by atoms with Crippen molar-refractivity contribution in [2.45, 2.75) is 31.6 Å². The molecule has 1 saturated heterocycles. The summed E-state index contributed by atoms with van der Waals surface area (Å²) < 4.78 is 26.5. The van der Waals surface area contributed by atoms with E-state index < -0.39 is 10.0 Å². The number of aryl methyl sites for hydroxylation is 1. The minimum Gasteiger partial charge on any atom is -0.267 e. The monoisotopic (exact) mass is 385 g/mol. The van der Waals surface area contributed by atoms with Crippen LogP contribution in [0.25, 0.3) is 0 Å². The molecule has 0 aromatic heterocycles. The molecule has 142 valence electrons. The van der Waals surface area contributed by atoms with Crippen molar-refractivity contribution in [3.63, 3.8) is 0 Å². The molecule has 3 rings (SSSR count).